The lowest BCUT2D eigenvalue weighted by atomic mass is 10.1. The Bertz CT molecular complexity index is 731. The molecule has 0 radical (unpaired) electrons. The fraction of sp³-hybridized carbons (Fsp3) is 0.118. The van der Waals surface area contributed by atoms with E-state index in [-0.39, 0.29) is 0 Å². The van der Waals surface area contributed by atoms with E-state index in [4.69, 9.17) is 16.0 Å². The number of benzene rings is 2. The van der Waals surface area contributed by atoms with Crippen LogP contribution in [0.1, 0.15) is 17.9 Å². The van der Waals surface area contributed by atoms with Gasteiger partial charge >= 0.3 is 0 Å². The SMILES string of the molecule is Clc1ccc2oc(/C=C/CCc3ccccc3)nc2c1. The van der Waals surface area contributed by atoms with E-state index in [1.54, 1.807) is 6.07 Å². The Morgan fingerprint density at radius 3 is 2.80 bits per heavy atom. The number of aryl methyl sites for hydroxylation is 1. The minimum atomic E-state index is 0.621. The number of oxazole rings is 1. The summed E-state index contributed by atoms with van der Waals surface area (Å²) in [5, 5.41) is 0.672. The number of halogens is 1. The van der Waals surface area contributed by atoms with Crippen molar-refractivity contribution in [3.63, 3.8) is 0 Å². The highest BCUT2D eigenvalue weighted by molar-refractivity contribution is 6.31. The quantitative estimate of drug-likeness (QED) is 0.663. The molecule has 3 aromatic rings. The highest BCUT2D eigenvalue weighted by Crippen LogP contribution is 2.20. The van der Waals surface area contributed by atoms with Crippen molar-refractivity contribution in [1.82, 2.24) is 4.98 Å². The summed E-state index contributed by atoms with van der Waals surface area (Å²) in [7, 11) is 0. The van der Waals surface area contributed by atoms with Crippen LogP contribution >= 0.6 is 11.6 Å². The molecule has 0 N–H and O–H groups in total. The molecule has 100 valence electrons. The van der Waals surface area contributed by atoms with Crippen LogP contribution in [0.3, 0.4) is 0 Å². The van der Waals surface area contributed by atoms with Crippen LogP contribution < -0.4 is 0 Å². The first kappa shape index (κ1) is 12.9. The molecule has 20 heavy (non-hydrogen) atoms. The van der Waals surface area contributed by atoms with Crippen molar-refractivity contribution in [2.24, 2.45) is 0 Å². The van der Waals surface area contributed by atoms with Crippen molar-refractivity contribution in [2.45, 2.75) is 12.8 Å². The molecule has 0 atom stereocenters. The van der Waals surface area contributed by atoms with Crippen LogP contribution in [0.2, 0.25) is 5.02 Å². The van der Waals surface area contributed by atoms with Crippen molar-refractivity contribution in [1.29, 1.82) is 0 Å². The third-order valence-electron chi connectivity index (χ3n) is 3.07. The summed E-state index contributed by atoms with van der Waals surface area (Å²) in [6.07, 6.45) is 5.98. The summed E-state index contributed by atoms with van der Waals surface area (Å²) < 4.78 is 5.62. The summed E-state index contributed by atoms with van der Waals surface area (Å²) in [5.41, 5.74) is 2.89. The van der Waals surface area contributed by atoms with E-state index in [0.29, 0.717) is 10.9 Å². The van der Waals surface area contributed by atoms with Gasteiger partial charge in [0.2, 0.25) is 5.89 Å². The maximum Gasteiger partial charge on any atom is 0.219 e. The van der Waals surface area contributed by atoms with Crippen molar-refractivity contribution in [3.8, 4) is 0 Å². The van der Waals surface area contributed by atoms with E-state index in [2.05, 4.69) is 35.3 Å². The summed E-state index contributed by atoms with van der Waals surface area (Å²) in [6, 6.07) is 15.9. The van der Waals surface area contributed by atoms with Gasteiger partial charge in [-0.2, -0.15) is 0 Å². The summed E-state index contributed by atoms with van der Waals surface area (Å²) >= 11 is 5.92. The predicted molar refractivity (Wildman–Crippen MR) is 82.8 cm³/mol. The molecule has 3 rings (SSSR count). The van der Waals surface area contributed by atoms with Crippen molar-refractivity contribution >= 4 is 28.8 Å². The van der Waals surface area contributed by atoms with Gasteiger partial charge in [-0.3, -0.25) is 0 Å². The van der Waals surface area contributed by atoms with Gasteiger partial charge in [-0.25, -0.2) is 4.98 Å². The largest absolute Gasteiger partial charge is 0.437 e. The first-order valence-electron chi connectivity index (χ1n) is 6.58. The molecule has 2 nitrogen and oxygen atoms in total. The zero-order valence-electron chi connectivity index (χ0n) is 10.9. The second-order valence-electron chi connectivity index (χ2n) is 4.59. The Labute approximate surface area is 122 Å². The lowest BCUT2D eigenvalue weighted by molar-refractivity contribution is 0.589. The van der Waals surface area contributed by atoms with Crippen molar-refractivity contribution in [3.05, 3.63) is 71.1 Å². The van der Waals surface area contributed by atoms with Gasteiger partial charge in [0.25, 0.3) is 0 Å². The summed E-state index contributed by atoms with van der Waals surface area (Å²) in [5.74, 6) is 0.621. The molecule has 0 unspecified atom stereocenters. The third kappa shape index (κ3) is 3.09. The molecule has 0 saturated carbocycles. The Morgan fingerprint density at radius 1 is 1.10 bits per heavy atom. The van der Waals surface area contributed by atoms with Gasteiger partial charge in [-0.1, -0.05) is 48.0 Å². The minimum Gasteiger partial charge on any atom is -0.437 e. The molecule has 0 spiro atoms. The minimum absolute atomic E-state index is 0.621. The number of hydrogen-bond donors (Lipinski definition) is 0. The molecule has 0 bridgehead atoms. The maximum absolute atomic E-state index is 5.92. The Morgan fingerprint density at radius 2 is 1.95 bits per heavy atom. The number of allylic oxidation sites excluding steroid dienone is 1. The van der Waals surface area contributed by atoms with E-state index < -0.39 is 0 Å². The molecule has 0 saturated heterocycles. The normalized spacial score (nSPS) is 11.4. The standard InChI is InChI=1S/C17H14ClNO/c18-14-10-11-16-15(12-14)19-17(20-16)9-5-4-8-13-6-2-1-3-7-13/h1-3,5-7,9-12H,4,8H2/b9-5+. The topological polar surface area (TPSA) is 26.0 Å². The van der Waals surface area contributed by atoms with E-state index in [0.717, 1.165) is 23.9 Å². The number of aromatic nitrogens is 1. The summed E-state index contributed by atoms with van der Waals surface area (Å²) in [6.45, 7) is 0. The van der Waals surface area contributed by atoms with Crippen LogP contribution in [0.5, 0.6) is 0 Å². The van der Waals surface area contributed by atoms with Crippen LogP contribution in [0.4, 0.5) is 0 Å². The monoisotopic (exact) mass is 283 g/mol. The Balaban J connectivity index is 1.65. The second kappa shape index (κ2) is 5.93. The molecular formula is C17H14ClNO. The van der Waals surface area contributed by atoms with Crippen LogP contribution in [0.25, 0.3) is 17.2 Å². The van der Waals surface area contributed by atoms with E-state index >= 15 is 0 Å². The number of fused-ring (bicyclic) bond motifs is 1. The van der Waals surface area contributed by atoms with Crippen LogP contribution in [-0.4, -0.2) is 4.98 Å². The molecule has 0 fully saturated rings. The lowest BCUT2D eigenvalue weighted by Gasteiger charge is -1.95. The molecule has 0 aliphatic carbocycles. The Hall–Kier alpha value is -2.06. The van der Waals surface area contributed by atoms with Gasteiger partial charge in [0.15, 0.2) is 5.58 Å². The predicted octanol–water partition coefficient (Wildman–Crippen LogP) is 5.13. The van der Waals surface area contributed by atoms with Crippen molar-refractivity contribution < 1.29 is 4.42 Å². The molecule has 0 aliphatic rings. The van der Waals surface area contributed by atoms with Crippen LogP contribution in [0.15, 0.2) is 59.0 Å². The molecule has 0 aliphatic heterocycles. The van der Waals surface area contributed by atoms with Crippen molar-refractivity contribution in [2.75, 3.05) is 0 Å². The van der Waals surface area contributed by atoms with Gasteiger partial charge in [0.05, 0.1) is 0 Å². The number of nitrogens with zero attached hydrogens (tertiary/aromatic N) is 1. The lowest BCUT2D eigenvalue weighted by Crippen LogP contribution is -1.81. The zero-order valence-corrected chi connectivity index (χ0v) is 11.7. The maximum atomic E-state index is 5.92. The van der Waals surface area contributed by atoms with E-state index in [1.165, 1.54) is 5.56 Å². The number of hydrogen-bond acceptors (Lipinski definition) is 2. The van der Waals surface area contributed by atoms with Gasteiger partial charge in [-0.05, 0) is 42.7 Å². The van der Waals surface area contributed by atoms with Gasteiger partial charge in [0, 0.05) is 5.02 Å². The van der Waals surface area contributed by atoms with Gasteiger partial charge < -0.3 is 4.42 Å². The summed E-state index contributed by atoms with van der Waals surface area (Å²) in [4.78, 5) is 4.38. The molecule has 1 heterocycles. The zero-order chi connectivity index (χ0) is 13.8. The average molecular weight is 284 g/mol. The second-order valence-corrected chi connectivity index (χ2v) is 5.03. The molecule has 3 heteroatoms. The smallest absolute Gasteiger partial charge is 0.219 e. The molecular weight excluding hydrogens is 270 g/mol. The third-order valence-corrected chi connectivity index (χ3v) is 3.30. The molecule has 2 aromatic carbocycles. The van der Waals surface area contributed by atoms with Gasteiger partial charge in [-0.15, -0.1) is 0 Å². The first-order valence-corrected chi connectivity index (χ1v) is 6.95. The van der Waals surface area contributed by atoms with E-state index in [9.17, 15) is 0 Å². The Kier molecular flexibility index (Phi) is 3.84. The van der Waals surface area contributed by atoms with Gasteiger partial charge in [0.1, 0.15) is 5.52 Å². The highest BCUT2D eigenvalue weighted by atomic mass is 35.5. The van der Waals surface area contributed by atoms with Crippen LogP contribution in [-0.2, 0) is 6.42 Å². The highest BCUT2D eigenvalue weighted by Gasteiger charge is 2.02. The van der Waals surface area contributed by atoms with E-state index in [1.807, 2.05) is 24.3 Å². The van der Waals surface area contributed by atoms with Crippen LogP contribution in [0, 0.1) is 0 Å². The number of rotatable bonds is 4. The molecule has 1 aromatic heterocycles. The average Bonchev–Trinajstić information content (AvgIpc) is 2.86. The fourth-order valence-electron chi connectivity index (χ4n) is 2.07. The fourth-order valence-corrected chi connectivity index (χ4v) is 2.23. The first-order chi connectivity index (χ1) is 9.81. The molecule has 0 amide bonds.